The van der Waals surface area contributed by atoms with E-state index >= 15 is 0 Å². The van der Waals surface area contributed by atoms with Crippen molar-refractivity contribution in [3.8, 4) is 0 Å². The summed E-state index contributed by atoms with van der Waals surface area (Å²) in [5, 5.41) is 12.3. The Morgan fingerprint density at radius 3 is 2.38 bits per heavy atom. The molecule has 2 N–H and O–H groups in total. The van der Waals surface area contributed by atoms with Crippen LogP contribution < -0.4 is 5.32 Å². The summed E-state index contributed by atoms with van der Waals surface area (Å²) < 4.78 is 5.30. The van der Waals surface area contributed by atoms with Gasteiger partial charge >= 0.3 is 12.0 Å². The molecule has 0 aromatic heterocycles. The van der Waals surface area contributed by atoms with Crippen molar-refractivity contribution >= 4 is 12.0 Å². The number of hydrogen-bond acceptors (Lipinski definition) is 3. The first-order chi connectivity index (χ1) is 10.1. The lowest BCUT2D eigenvalue weighted by Crippen LogP contribution is -2.51. The molecule has 2 amide bonds. The lowest BCUT2D eigenvalue weighted by atomic mass is 9.95. The second kappa shape index (κ2) is 7.64. The number of amides is 2. The molecule has 1 saturated carbocycles. The van der Waals surface area contributed by atoms with Gasteiger partial charge in [0.15, 0.2) is 0 Å². The van der Waals surface area contributed by atoms with E-state index < -0.39 is 11.9 Å². The summed E-state index contributed by atoms with van der Waals surface area (Å²) >= 11 is 0. The molecule has 0 aromatic rings. The molecule has 2 rings (SSSR count). The van der Waals surface area contributed by atoms with Crippen LogP contribution in [0.4, 0.5) is 4.79 Å². The van der Waals surface area contributed by atoms with Crippen molar-refractivity contribution in [3.63, 3.8) is 0 Å². The Labute approximate surface area is 125 Å². The van der Waals surface area contributed by atoms with Crippen LogP contribution in [-0.2, 0) is 9.53 Å². The second-order valence-electron chi connectivity index (χ2n) is 6.06. The standard InChI is InChI=1S/C15H26N2O4/c1-21-11-7-9-17(10-8-11)15(20)16-13-6-4-2-3-5-12(13)14(18)19/h11-13H,2-10H2,1H3,(H,16,20)(H,18,19). The molecule has 6 nitrogen and oxygen atoms in total. The minimum absolute atomic E-state index is 0.122. The average molecular weight is 298 g/mol. The molecule has 0 radical (unpaired) electrons. The van der Waals surface area contributed by atoms with Crippen LogP contribution in [0.5, 0.6) is 0 Å². The van der Waals surface area contributed by atoms with E-state index in [1.165, 1.54) is 0 Å². The summed E-state index contributed by atoms with van der Waals surface area (Å²) in [6, 6.07) is -0.361. The first-order valence-electron chi connectivity index (χ1n) is 7.93. The molecule has 0 spiro atoms. The third kappa shape index (κ3) is 4.33. The highest BCUT2D eigenvalue weighted by molar-refractivity contribution is 5.77. The highest BCUT2D eigenvalue weighted by atomic mass is 16.5. The maximum atomic E-state index is 12.3. The van der Waals surface area contributed by atoms with Gasteiger partial charge in [-0.15, -0.1) is 0 Å². The maximum Gasteiger partial charge on any atom is 0.317 e. The fourth-order valence-corrected chi connectivity index (χ4v) is 3.32. The van der Waals surface area contributed by atoms with Crippen molar-refractivity contribution in [2.75, 3.05) is 20.2 Å². The lowest BCUT2D eigenvalue weighted by Gasteiger charge is -2.33. The van der Waals surface area contributed by atoms with Gasteiger partial charge in [-0.3, -0.25) is 4.79 Å². The van der Waals surface area contributed by atoms with Crippen LogP contribution in [0.3, 0.4) is 0 Å². The Bertz CT molecular complexity index is 367. The zero-order chi connectivity index (χ0) is 15.2. The Morgan fingerprint density at radius 2 is 1.76 bits per heavy atom. The number of nitrogens with zero attached hydrogens (tertiary/aromatic N) is 1. The zero-order valence-electron chi connectivity index (χ0n) is 12.7. The minimum Gasteiger partial charge on any atom is -0.481 e. The van der Waals surface area contributed by atoms with E-state index in [0.29, 0.717) is 19.5 Å². The maximum absolute atomic E-state index is 12.3. The summed E-state index contributed by atoms with van der Waals surface area (Å²) in [5.74, 6) is -1.24. The predicted octanol–water partition coefficient (Wildman–Crippen LogP) is 1.84. The smallest absolute Gasteiger partial charge is 0.317 e. The van der Waals surface area contributed by atoms with Crippen molar-refractivity contribution in [1.82, 2.24) is 10.2 Å². The molecule has 21 heavy (non-hydrogen) atoms. The van der Waals surface area contributed by atoms with Gasteiger partial charge in [-0.25, -0.2) is 4.79 Å². The molecule has 2 aliphatic rings. The van der Waals surface area contributed by atoms with Crippen molar-refractivity contribution in [3.05, 3.63) is 0 Å². The van der Waals surface area contributed by atoms with Crippen molar-refractivity contribution in [1.29, 1.82) is 0 Å². The summed E-state index contributed by atoms with van der Waals surface area (Å²) in [6.07, 6.45) is 6.31. The van der Waals surface area contributed by atoms with Crippen LogP contribution in [0.1, 0.15) is 44.9 Å². The summed E-state index contributed by atoms with van der Waals surface area (Å²) in [4.78, 5) is 25.5. The fraction of sp³-hybridized carbons (Fsp3) is 0.867. The minimum atomic E-state index is -0.791. The van der Waals surface area contributed by atoms with Gasteiger partial charge in [0.05, 0.1) is 12.0 Å². The van der Waals surface area contributed by atoms with E-state index in [9.17, 15) is 14.7 Å². The van der Waals surface area contributed by atoms with Crippen LogP contribution >= 0.6 is 0 Å². The van der Waals surface area contributed by atoms with Crippen molar-refractivity contribution < 1.29 is 19.4 Å². The van der Waals surface area contributed by atoms with Crippen LogP contribution in [0, 0.1) is 5.92 Å². The third-order valence-electron chi connectivity index (χ3n) is 4.70. The number of carboxylic acids is 1. The fourth-order valence-electron chi connectivity index (χ4n) is 3.32. The van der Waals surface area contributed by atoms with E-state index in [0.717, 1.165) is 38.5 Å². The summed E-state index contributed by atoms with van der Waals surface area (Å²) in [6.45, 7) is 1.35. The van der Waals surface area contributed by atoms with E-state index in [1.54, 1.807) is 12.0 Å². The molecule has 1 heterocycles. The number of likely N-dealkylation sites (tertiary alicyclic amines) is 1. The van der Waals surface area contributed by atoms with Crippen LogP contribution in [0.2, 0.25) is 0 Å². The molecule has 2 atom stereocenters. The van der Waals surface area contributed by atoms with Crippen molar-refractivity contribution in [2.24, 2.45) is 5.92 Å². The third-order valence-corrected chi connectivity index (χ3v) is 4.70. The Hall–Kier alpha value is -1.30. The number of carbonyl (C=O) groups excluding carboxylic acids is 1. The van der Waals surface area contributed by atoms with Gasteiger partial charge in [-0.05, 0) is 25.7 Å². The van der Waals surface area contributed by atoms with Gasteiger partial charge in [0.2, 0.25) is 0 Å². The second-order valence-corrected chi connectivity index (χ2v) is 6.06. The molecule has 1 saturated heterocycles. The molecule has 0 bridgehead atoms. The number of aliphatic carboxylic acids is 1. The number of nitrogens with one attached hydrogen (secondary N) is 1. The number of urea groups is 1. The molecule has 2 fully saturated rings. The molecular weight excluding hydrogens is 272 g/mol. The molecule has 120 valence electrons. The quantitative estimate of drug-likeness (QED) is 0.779. The summed E-state index contributed by atoms with van der Waals surface area (Å²) in [7, 11) is 1.70. The number of rotatable bonds is 3. The average Bonchev–Trinajstić information content (AvgIpc) is 2.72. The van der Waals surface area contributed by atoms with Gasteiger partial charge in [-0.2, -0.15) is 0 Å². The molecular formula is C15H26N2O4. The van der Waals surface area contributed by atoms with E-state index in [1.807, 2.05) is 0 Å². The normalized spacial score (nSPS) is 28.0. The molecule has 6 heteroatoms. The Kier molecular flexibility index (Phi) is 5.85. The van der Waals surface area contributed by atoms with Gasteiger partial charge in [0, 0.05) is 26.2 Å². The number of carbonyl (C=O) groups is 2. The SMILES string of the molecule is COC1CCN(C(=O)NC2CCCCCC2C(=O)O)CC1. The van der Waals surface area contributed by atoms with Gasteiger partial charge in [0.1, 0.15) is 0 Å². The van der Waals surface area contributed by atoms with E-state index in [4.69, 9.17) is 4.74 Å². The highest BCUT2D eigenvalue weighted by Gasteiger charge is 2.32. The Balaban J connectivity index is 1.89. The van der Waals surface area contributed by atoms with Gasteiger partial charge in [0.25, 0.3) is 0 Å². The van der Waals surface area contributed by atoms with Crippen LogP contribution in [0.15, 0.2) is 0 Å². The number of ether oxygens (including phenoxy) is 1. The summed E-state index contributed by atoms with van der Waals surface area (Å²) in [5.41, 5.74) is 0. The topological polar surface area (TPSA) is 78.9 Å². The number of piperidine rings is 1. The molecule has 0 aromatic carbocycles. The first kappa shape index (κ1) is 16.1. The number of carboxylic acid groups (broad SMARTS) is 1. The Morgan fingerprint density at radius 1 is 1.10 bits per heavy atom. The van der Waals surface area contributed by atoms with Crippen LogP contribution in [-0.4, -0.2) is 54.4 Å². The monoisotopic (exact) mass is 298 g/mol. The van der Waals surface area contributed by atoms with E-state index in [2.05, 4.69) is 5.32 Å². The number of hydrogen-bond donors (Lipinski definition) is 2. The molecule has 1 aliphatic heterocycles. The van der Waals surface area contributed by atoms with Crippen molar-refractivity contribution in [2.45, 2.75) is 57.1 Å². The predicted molar refractivity (Wildman–Crippen MR) is 78.1 cm³/mol. The van der Waals surface area contributed by atoms with Gasteiger partial charge < -0.3 is 20.1 Å². The van der Waals surface area contributed by atoms with E-state index in [-0.39, 0.29) is 18.2 Å². The number of methoxy groups -OCH3 is 1. The first-order valence-corrected chi connectivity index (χ1v) is 7.93. The molecule has 1 aliphatic carbocycles. The van der Waals surface area contributed by atoms with Crippen LogP contribution in [0.25, 0.3) is 0 Å². The van der Waals surface area contributed by atoms with Gasteiger partial charge in [-0.1, -0.05) is 19.3 Å². The zero-order valence-corrected chi connectivity index (χ0v) is 12.7. The molecule has 2 unspecified atom stereocenters. The largest absolute Gasteiger partial charge is 0.481 e. The lowest BCUT2D eigenvalue weighted by molar-refractivity contribution is -0.142. The highest BCUT2D eigenvalue weighted by Crippen LogP contribution is 2.24.